The molecule has 2 aromatic rings. The van der Waals surface area contributed by atoms with E-state index in [4.69, 9.17) is 16.1 Å². The number of carbonyl (C=O) groups is 3. The quantitative estimate of drug-likeness (QED) is 0.656. The lowest BCUT2D eigenvalue weighted by molar-refractivity contribution is -0.124. The molecule has 0 spiro atoms. The van der Waals surface area contributed by atoms with Gasteiger partial charge in [0.2, 0.25) is 11.8 Å². The number of rotatable bonds is 7. The number of nitrogens with one attached hydrogen (secondary N) is 2. The largest absolute Gasteiger partial charge is 0.476 e. The summed E-state index contributed by atoms with van der Waals surface area (Å²) in [5.41, 5.74) is 0.970. The smallest absolute Gasteiger partial charge is 0.358 e. The third-order valence-corrected chi connectivity index (χ3v) is 3.15. The lowest BCUT2D eigenvalue weighted by Gasteiger charge is -2.06. The molecular formula is C17H15N3O5. The van der Waals surface area contributed by atoms with Crippen molar-refractivity contribution in [3.8, 4) is 23.7 Å². The number of hydrogen-bond donors (Lipinski definition) is 3. The number of carboxylic acids is 1. The maximum absolute atomic E-state index is 11.8. The Hall–Kier alpha value is -3.60. The van der Waals surface area contributed by atoms with E-state index in [1.54, 1.807) is 24.3 Å². The molecule has 0 aliphatic carbocycles. The van der Waals surface area contributed by atoms with E-state index in [1.165, 1.54) is 6.07 Å². The Morgan fingerprint density at radius 3 is 2.44 bits per heavy atom. The van der Waals surface area contributed by atoms with Gasteiger partial charge in [0.05, 0.1) is 6.54 Å². The highest BCUT2D eigenvalue weighted by molar-refractivity contribution is 5.93. The van der Waals surface area contributed by atoms with Crippen LogP contribution in [0.15, 0.2) is 34.9 Å². The number of terminal acetylenes is 1. The summed E-state index contributed by atoms with van der Waals surface area (Å²) in [4.78, 5) is 33.9. The monoisotopic (exact) mass is 341 g/mol. The molecule has 0 unspecified atom stereocenters. The highest BCUT2D eigenvalue weighted by Gasteiger charge is 2.12. The van der Waals surface area contributed by atoms with Crippen molar-refractivity contribution in [1.29, 1.82) is 0 Å². The highest BCUT2D eigenvalue weighted by Crippen LogP contribution is 2.22. The maximum atomic E-state index is 11.8. The highest BCUT2D eigenvalue weighted by atomic mass is 16.5. The molecule has 25 heavy (non-hydrogen) atoms. The lowest BCUT2D eigenvalue weighted by Crippen LogP contribution is -2.25. The summed E-state index contributed by atoms with van der Waals surface area (Å²) in [6.45, 7) is 0.132. The number of aromatic carboxylic acids is 1. The fraction of sp³-hybridized carbons (Fsp3) is 0.176. The molecule has 1 aromatic carbocycles. The van der Waals surface area contributed by atoms with E-state index in [-0.39, 0.29) is 36.9 Å². The van der Waals surface area contributed by atoms with E-state index < -0.39 is 5.97 Å². The molecule has 2 amide bonds. The van der Waals surface area contributed by atoms with Gasteiger partial charge in [-0.15, -0.1) is 6.42 Å². The number of benzene rings is 1. The molecule has 1 aromatic heterocycles. The van der Waals surface area contributed by atoms with Crippen LogP contribution in [0, 0.1) is 12.3 Å². The van der Waals surface area contributed by atoms with E-state index in [0.29, 0.717) is 17.0 Å². The predicted octanol–water partition coefficient (Wildman–Crippen LogP) is 1.51. The van der Waals surface area contributed by atoms with E-state index >= 15 is 0 Å². The van der Waals surface area contributed by atoms with E-state index in [9.17, 15) is 14.4 Å². The lowest BCUT2D eigenvalue weighted by atomic mass is 10.1. The topological polar surface area (TPSA) is 122 Å². The van der Waals surface area contributed by atoms with Crippen molar-refractivity contribution in [3.63, 3.8) is 0 Å². The van der Waals surface area contributed by atoms with Gasteiger partial charge >= 0.3 is 5.97 Å². The van der Waals surface area contributed by atoms with Gasteiger partial charge in [-0.1, -0.05) is 11.1 Å². The first-order chi connectivity index (χ1) is 12.0. The van der Waals surface area contributed by atoms with Crippen molar-refractivity contribution in [3.05, 3.63) is 36.0 Å². The fourth-order valence-corrected chi connectivity index (χ4v) is 1.92. The van der Waals surface area contributed by atoms with Gasteiger partial charge in [0.25, 0.3) is 0 Å². The Morgan fingerprint density at radius 2 is 1.84 bits per heavy atom. The number of anilines is 1. The second-order valence-electron chi connectivity index (χ2n) is 4.99. The van der Waals surface area contributed by atoms with Crippen LogP contribution in [0.4, 0.5) is 5.69 Å². The minimum absolute atomic E-state index is 0.0300. The Labute approximate surface area is 143 Å². The van der Waals surface area contributed by atoms with Gasteiger partial charge in [0.15, 0.2) is 11.5 Å². The molecule has 0 aliphatic rings. The maximum Gasteiger partial charge on any atom is 0.358 e. The molecule has 8 nitrogen and oxygen atoms in total. The molecule has 0 bridgehead atoms. The molecule has 0 radical (unpaired) electrons. The fourth-order valence-electron chi connectivity index (χ4n) is 1.92. The van der Waals surface area contributed by atoms with E-state index in [2.05, 4.69) is 21.7 Å². The number of nitrogens with zero attached hydrogens (tertiary/aromatic N) is 1. The third kappa shape index (κ3) is 5.21. The predicted molar refractivity (Wildman–Crippen MR) is 88.6 cm³/mol. The number of amides is 2. The van der Waals surface area contributed by atoms with Crippen molar-refractivity contribution >= 4 is 23.5 Å². The Balaban J connectivity index is 1.89. The number of aromatic nitrogens is 1. The molecule has 0 atom stereocenters. The number of hydrogen-bond acceptors (Lipinski definition) is 5. The zero-order chi connectivity index (χ0) is 18.2. The SMILES string of the molecule is C#CCNC(=O)CCC(=O)Nc1ccc(-c2cc(C(=O)O)no2)cc1. The van der Waals surface area contributed by atoms with Crippen LogP contribution in [0.3, 0.4) is 0 Å². The standard InChI is InChI=1S/C17H15N3O5/c1-2-9-18-15(21)7-8-16(22)19-12-5-3-11(4-6-12)14-10-13(17(23)24)20-25-14/h1,3-6,10H,7-9H2,(H,18,21)(H,19,22)(H,23,24). The summed E-state index contributed by atoms with van der Waals surface area (Å²) in [6.07, 6.45) is 5.09. The Morgan fingerprint density at radius 1 is 1.16 bits per heavy atom. The molecule has 8 heteroatoms. The normalized spacial score (nSPS) is 9.88. The summed E-state index contributed by atoms with van der Waals surface area (Å²) < 4.78 is 4.95. The van der Waals surface area contributed by atoms with Gasteiger partial charge in [0, 0.05) is 30.2 Å². The minimum atomic E-state index is -1.18. The van der Waals surface area contributed by atoms with Crippen molar-refractivity contribution in [1.82, 2.24) is 10.5 Å². The molecule has 0 fully saturated rings. The summed E-state index contributed by atoms with van der Waals surface area (Å²) >= 11 is 0. The van der Waals surface area contributed by atoms with Crippen LogP contribution in [0.2, 0.25) is 0 Å². The van der Waals surface area contributed by atoms with Crippen LogP contribution < -0.4 is 10.6 Å². The molecule has 0 aliphatic heterocycles. The first kappa shape index (κ1) is 17.7. The molecule has 3 N–H and O–H groups in total. The molecule has 2 rings (SSSR count). The molecule has 128 valence electrons. The van der Waals surface area contributed by atoms with Crippen LogP contribution in [0.5, 0.6) is 0 Å². The zero-order valence-electron chi connectivity index (χ0n) is 13.1. The Bertz CT molecular complexity index is 818. The first-order valence-corrected chi connectivity index (χ1v) is 7.30. The number of carbonyl (C=O) groups excluding carboxylic acids is 2. The van der Waals surface area contributed by atoms with Crippen LogP contribution in [-0.2, 0) is 9.59 Å². The minimum Gasteiger partial charge on any atom is -0.476 e. The molecule has 1 heterocycles. The summed E-state index contributed by atoms with van der Waals surface area (Å²) in [6, 6.07) is 7.89. The van der Waals surface area contributed by atoms with Gasteiger partial charge in [-0.05, 0) is 24.3 Å². The van der Waals surface area contributed by atoms with Crippen LogP contribution >= 0.6 is 0 Å². The van der Waals surface area contributed by atoms with Gasteiger partial charge in [-0.3, -0.25) is 9.59 Å². The molecular weight excluding hydrogens is 326 g/mol. The van der Waals surface area contributed by atoms with Crippen LogP contribution in [0.1, 0.15) is 23.3 Å². The van der Waals surface area contributed by atoms with Crippen LogP contribution in [-0.4, -0.2) is 34.6 Å². The second-order valence-corrected chi connectivity index (χ2v) is 4.99. The summed E-state index contributed by atoms with van der Waals surface area (Å²) in [7, 11) is 0. The number of carboxylic acid groups (broad SMARTS) is 1. The third-order valence-electron chi connectivity index (χ3n) is 3.15. The van der Waals surface area contributed by atoms with Gasteiger partial charge in [0.1, 0.15) is 0 Å². The van der Waals surface area contributed by atoms with Gasteiger partial charge < -0.3 is 20.3 Å². The van der Waals surface area contributed by atoms with Crippen molar-refractivity contribution in [2.45, 2.75) is 12.8 Å². The Kier molecular flexibility index (Phi) is 5.90. The van der Waals surface area contributed by atoms with Gasteiger partial charge in [-0.25, -0.2) is 4.79 Å². The van der Waals surface area contributed by atoms with E-state index in [1.807, 2.05) is 0 Å². The zero-order valence-corrected chi connectivity index (χ0v) is 13.1. The average molecular weight is 341 g/mol. The van der Waals surface area contributed by atoms with Crippen molar-refractivity contribution in [2.75, 3.05) is 11.9 Å². The van der Waals surface area contributed by atoms with Gasteiger partial charge in [-0.2, -0.15) is 0 Å². The second kappa shape index (κ2) is 8.31. The first-order valence-electron chi connectivity index (χ1n) is 7.30. The summed E-state index contributed by atoms with van der Waals surface area (Å²) in [5.74, 6) is 0.808. The molecule has 0 saturated carbocycles. The van der Waals surface area contributed by atoms with Crippen molar-refractivity contribution in [2.24, 2.45) is 0 Å². The van der Waals surface area contributed by atoms with Crippen molar-refractivity contribution < 1.29 is 24.0 Å². The van der Waals surface area contributed by atoms with Crippen LogP contribution in [0.25, 0.3) is 11.3 Å². The average Bonchev–Trinajstić information content (AvgIpc) is 3.09. The molecule has 0 saturated heterocycles. The summed E-state index contributed by atoms with van der Waals surface area (Å²) in [5, 5.41) is 17.4. The van der Waals surface area contributed by atoms with E-state index in [0.717, 1.165) is 0 Å².